The standard InChI is InChI=1S/C11H10FN5O2/c1-6(18)19-7-2-3-8(12)9(4-7)16-17-10(5-13)11(14)15/h2-4,16H,1H3,(H3,14,15)/b17-10+. The van der Waals surface area contributed by atoms with Crippen molar-refractivity contribution in [2.24, 2.45) is 10.8 Å². The van der Waals surface area contributed by atoms with E-state index >= 15 is 0 Å². The number of ether oxygens (including phenoxy) is 1. The smallest absolute Gasteiger partial charge is 0.308 e. The second kappa shape index (κ2) is 6.11. The molecule has 8 heteroatoms. The van der Waals surface area contributed by atoms with Gasteiger partial charge in [0.15, 0.2) is 5.84 Å². The van der Waals surface area contributed by atoms with E-state index in [1.165, 1.54) is 19.1 Å². The van der Waals surface area contributed by atoms with E-state index in [0.717, 1.165) is 6.07 Å². The molecule has 0 radical (unpaired) electrons. The topological polar surface area (TPSA) is 124 Å². The summed E-state index contributed by atoms with van der Waals surface area (Å²) in [4.78, 5) is 10.8. The molecule has 19 heavy (non-hydrogen) atoms. The maximum Gasteiger partial charge on any atom is 0.308 e. The highest BCUT2D eigenvalue weighted by Crippen LogP contribution is 2.21. The molecule has 1 aromatic carbocycles. The molecule has 0 aliphatic heterocycles. The summed E-state index contributed by atoms with van der Waals surface area (Å²) in [5.74, 6) is -1.65. The van der Waals surface area contributed by atoms with Crippen LogP contribution in [0.3, 0.4) is 0 Å². The summed E-state index contributed by atoms with van der Waals surface area (Å²) in [7, 11) is 0. The molecule has 0 heterocycles. The van der Waals surface area contributed by atoms with Crippen LogP contribution in [-0.4, -0.2) is 17.5 Å². The Bertz CT molecular complexity index is 591. The number of nitrogens with one attached hydrogen (secondary N) is 2. The van der Waals surface area contributed by atoms with Crippen molar-refractivity contribution < 1.29 is 13.9 Å². The second-order valence-electron chi connectivity index (χ2n) is 3.33. The number of rotatable bonds is 4. The fourth-order valence-electron chi connectivity index (χ4n) is 1.08. The lowest BCUT2D eigenvalue weighted by atomic mass is 10.3. The summed E-state index contributed by atoms with van der Waals surface area (Å²) in [5.41, 5.74) is 6.80. The Kier molecular flexibility index (Phi) is 4.54. The van der Waals surface area contributed by atoms with Crippen molar-refractivity contribution in [3.8, 4) is 11.8 Å². The molecule has 0 spiro atoms. The monoisotopic (exact) mass is 263 g/mol. The largest absolute Gasteiger partial charge is 0.427 e. The third-order valence-electron chi connectivity index (χ3n) is 1.85. The molecule has 1 rings (SSSR count). The number of nitriles is 1. The van der Waals surface area contributed by atoms with E-state index in [1.54, 1.807) is 6.07 Å². The second-order valence-corrected chi connectivity index (χ2v) is 3.33. The van der Waals surface area contributed by atoms with Crippen LogP contribution in [-0.2, 0) is 4.79 Å². The SMILES string of the molecule is CC(=O)Oc1ccc(F)c(N/N=C(\C#N)C(=N)N)c1. The highest BCUT2D eigenvalue weighted by atomic mass is 19.1. The molecule has 0 bridgehead atoms. The van der Waals surface area contributed by atoms with Gasteiger partial charge in [-0.15, -0.1) is 0 Å². The molecule has 0 aliphatic rings. The van der Waals surface area contributed by atoms with Crippen molar-refractivity contribution in [2.45, 2.75) is 6.92 Å². The molecule has 0 amide bonds. The van der Waals surface area contributed by atoms with Gasteiger partial charge in [0.1, 0.15) is 17.6 Å². The number of amidine groups is 1. The number of esters is 1. The number of carbonyl (C=O) groups excluding carboxylic acids is 1. The van der Waals surface area contributed by atoms with Gasteiger partial charge in [-0.2, -0.15) is 10.4 Å². The van der Waals surface area contributed by atoms with Crippen LogP contribution >= 0.6 is 0 Å². The number of hydrazone groups is 1. The zero-order valence-corrected chi connectivity index (χ0v) is 9.90. The molecular formula is C11H10FN5O2. The summed E-state index contributed by atoms with van der Waals surface area (Å²) in [5, 5.41) is 19.1. The number of carbonyl (C=O) groups is 1. The highest BCUT2D eigenvalue weighted by Gasteiger charge is 2.07. The van der Waals surface area contributed by atoms with Gasteiger partial charge in [0, 0.05) is 13.0 Å². The van der Waals surface area contributed by atoms with Crippen molar-refractivity contribution in [1.29, 1.82) is 10.7 Å². The summed E-state index contributed by atoms with van der Waals surface area (Å²) < 4.78 is 18.2. The van der Waals surface area contributed by atoms with Crippen LogP contribution in [0.25, 0.3) is 0 Å². The first kappa shape index (κ1) is 14.1. The van der Waals surface area contributed by atoms with Crippen molar-refractivity contribution in [2.75, 3.05) is 5.43 Å². The summed E-state index contributed by atoms with van der Waals surface area (Å²) >= 11 is 0. The van der Waals surface area contributed by atoms with Crippen LogP contribution in [0.4, 0.5) is 10.1 Å². The van der Waals surface area contributed by atoms with Crippen molar-refractivity contribution >= 4 is 23.2 Å². The minimum absolute atomic E-state index is 0.118. The Morgan fingerprint density at radius 3 is 2.84 bits per heavy atom. The predicted molar refractivity (Wildman–Crippen MR) is 66.3 cm³/mol. The molecule has 0 unspecified atom stereocenters. The molecule has 0 aliphatic carbocycles. The Morgan fingerprint density at radius 1 is 1.63 bits per heavy atom. The number of benzene rings is 1. The number of nitrogens with two attached hydrogens (primary N) is 1. The van der Waals surface area contributed by atoms with Crippen LogP contribution in [0.1, 0.15) is 6.92 Å². The van der Waals surface area contributed by atoms with Crippen LogP contribution in [0.15, 0.2) is 23.3 Å². The first-order chi connectivity index (χ1) is 8.93. The van der Waals surface area contributed by atoms with E-state index in [0.29, 0.717) is 0 Å². The highest BCUT2D eigenvalue weighted by molar-refractivity contribution is 6.45. The molecule has 0 atom stereocenters. The first-order valence-electron chi connectivity index (χ1n) is 5.00. The number of anilines is 1. The van der Waals surface area contributed by atoms with Crippen LogP contribution < -0.4 is 15.9 Å². The Labute approximate surface area is 108 Å². The fourth-order valence-corrected chi connectivity index (χ4v) is 1.08. The molecule has 0 fully saturated rings. The van der Waals surface area contributed by atoms with Crippen LogP contribution in [0, 0.1) is 22.6 Å². The summed E-state index contributed by atoms with van der Waals surface area (Å²) in [6, 6.07) is 5.09. The van der Waals surface area contributed by atoms with E-state index in [-0.39, 0.29) is 11.4 Å². The minimum Gasteiger partial charge on any atom is -0.427 e. The van der Waals surface area contributed by atoms with Crippen LogP contribution in [0.5, 0.6) is 5.75 Å². The van der Waals surface area contributed by atoms with Crippen molar-refractivity contribution in [3.05, 3.63) is 24.0 Å². The van der Waals surface area contributed by atoms with E-state index in [9.17, 15) is 9.18 Å². The molecule has 98 valence electrons. The molecule has 0 aromatic heterocycles. The molecular weight excluding hydrogens is 253 g/mol. The van der Waals surface area contributed by atoms with Crippen molar-refractivity contribution in [1.82, 2.24) is 0 Å². The maximum atomic E-state index is 13.4. The van der Waals surface area contributed by atoms with Gasteiger partial charge in [-0.05, 0) is 12.1 Å². The van der Waals surface area contributed by atoms with E-state index in [2.05, 4.69) is 10.5 Å². The molecule has 0 saturated heterocycles. The van der Waals surface area contributed by atoms with Gasteiger partial charge in [-0.3, -0.25) is 15.6 Å². The Morgan fingerprint density at radius 2 is 2.32 bits per heavy atom. The molecule has 1 aromatic rings. The summed E-state index contributed by atoms with van der Waals surface area (Å²) in [6.45, 7) is 1.21. The first-order valence-corrected chi connectivity index (χ1v) is 5.00. The quantitative estimate of drug-likeness (QED) is 0.245. The lowest BCUT2D eigenvalue weighted by molar-refractivity contribution is -0.131. The number of nitrogens with zero attached hydrogens (tertiary/aromatic N) is 2. The van der Waals surface area contributed by atoms with Gasteiger partial charge in [-0.1, -0.05) is 0 Å². The Hall–Kier alpha value is -2.95. The van der Waals surface area contributed by atoms with Gasteiger partial charge < -0.3 is 10.5 Å². The molecule has 7 nitrogen and oxygen atoms in total. The minimum atomic E-state index is -0.666. The number of halogens is 1. The lowest BCUT2D eigenvalue weighted by Crippen LogP contribution is -2.22. The number of hydrogen-bond donors (Lipinski definition) is 3. The average Bonchev–Trinajstić information content (AvgIpc) is 2.32. The molecule has 0 saturated carbocycles. The average molecular weight is 263 g/mol. The molecule has 4 N–H and O–H groups in total. The van der Waals surface area contributed by atoms with Gasteiger partial charge >= 0.3 is 5.97 Å². The van der Waals surface area contributed by atoms with E-state index in [1.807, 2.05) is 0 Å². The van der Waals surface area contributed by atoms with Gasteiger partial charge in [0.2, 0.25) is 5.71 Å². The third-order valence-corrected chi connectivity index (χ3v) is 1.85. The maximum absolute atomic E-state index is 13.4. The zero-order valence-electron chi connectivity index (χ0n) is 9.90. The van der Waals surface area contributed by atoms with Gasteiger partial charge in [0.05, 0.1) is 5.69 Å². The number of hydrogen-bond acceptors (Lipinski definition) is 6. The van der Waals surface area contributed by atoms with Crippen LogP contribution in [0.2, 0.25) is 0 Å². The fraction of sp³-hybridized carbons (Fsp3) is 0.0909. The lowest BCUT2D eigenvalue weighted by Gasteiger charge is -2.06. The van der Waals surface area contributed by atoms with Gasteiger partial charge in [0.25, 0.3) is 0 Å². The van der Waals surface area contributed by atoms with Crippen molar-refractivity contribution in [3.63, 3.8) is 0 Å². The normalized spacial score (nSPS) is 10.5. The third kappa shape index (κ3) is 4.08. The zero-order chi connectivity index (χ0) is 14.4. The predicted octanol–water partition coefficient (Wildman–Crippen LogP) is 0.978. The van der Waals surface area contributed by atoms with E-state index < -0.39 is 23.3 Å². The van der Waals surface area contributed by atoms with Gasteiger partial charge in [-0.25, -0.2) is 4.39 Å². The van der Waals surface area contributed by atoms with E-state index in [4.69, 9.17) is 21.1 Å². The Balaban J connectivity index is 2.98. The summed E-state index contributed by atoms with van der Waals surface area (Å²) in [6.07, 6.45) is 0.